The molecule has 1 amide bonds. The smallest absolute Gasteiger partial charge is 0.353 e. The van der Waals surface area contributed by atoms with Gasteiger partial charge in [-0.25, -0.2) is 0 Å². The van der Waals surface area contributed by atoms with Gasteiger partial charge in [0, 0.05) is 55.2 Å². The van der Waals surface area contributed by atoms with Crippen molar-refractivity contribution in [1.29, 1.82) is 0 Å². The average Bonchev–Trinajstić information content (AvgIpc) is 3.27. The van der Waals surface area contributed by atoms with Gasteiger partial charge in [-0.15, -0.1) is 0 Å². The van der Waals surface area contributed by atoms with Gasteiger partial charge in [-0.05, 0) is 72.9 Å². The van der Waals surface area contributed by atoms with Crippen molar-refractivity contribution in [3.8, 4) is 5.69 Å². The van der Waals surface area contributed by atoms with Gasteiger partial charge in [0.2, 0.25) is 5.91 Å². The molecule has 4 nitrogen and oxygen atoms in total. The molecule has 0 radical (unpaired) electrons. The lowest BCUT2D eigenvalue weighted by Crippen LogP contribution is -2.44. The molecule has 2 aromatic carbocycles. The monoisotopic (exact) mass is 489 g/mol. The number of amides is 1. The summed E-state index contributed by atoms with van der Waals surface area (Å²) in [6, 6.07) is 14.9. The highest BCUT2D eigenvalue weighted by atomic mass is 35.5. The Kier molecular flexibility index (Phi) is 7.63. The first-order valence-electron chi connectivity index (χ1n) is 11.4. The maximum absolute atomic E-state index is 12.8. The number of nitrogens with zero attached hydrogens (tertiary/aromatic N) is 2. The van der Waals surface area contributed by atoms with Crippen LogP contribution in [0.25, 0.3) is 5.69 Å². The lowest BCUT2D eigenvalue weighted by Gasteiger charge is -2.32. The Labute approximate surface area is 202 Å². The molecule has 1 aromatic heterocycles. The zero-order valence-corrected chi connectivity index (χ0v) is 19.4. The first kappa shape index (κ1) is 24.4. The molecular formula is C26H27ClF3N3O. The number of aromatic nitrogens is 1. The normalized spacial score (nSPS) is 15.4. The third-order valence-corrected chi connectivity index (χ3v) is 6.37. The number of alkyl halides is 3. The van der Waals surface area contributed by atoms with E-state index >= 15 is 0 Å². The number of likely N-dealkylation sites (tertiary alicyclic amines) is 1. The quantitative estimate of drug-likeness (QED) is 0.451. The summed E-state index contributed by atoms with van der Waals surface area (Å²) >= 11 is 6.00. The van der Waals surface area contributed by atoms with E-state index in [9.17, 15) is 18.0 Å². The largest absolute Gasteiger partial charge is 0.416 e. The van der Waals surface area contributed by atoms with Crippen LogP contribution >= 0.6 is 11.6 Å². The number of benzene rings is 2. The molecule has 180 valence electrons. The van der Waals surface area contributed by atoms with Crippen molar-refractivity contribution in [2.75, 3.05) is 13.1 Å². The summed E-state index contributed by atoms with van der Waals surface area (Å²) in [5, 5.41) is 3.83. The van der Waals surface area contributed by atoms with E-state index in [0.29, 0.717) is 23.6 Å². The molecule has 1 N–H and O–H groups in total. The highest BCUT2D eigenvalue weighted by Crippen LogP contribution is 2.29. The maximum atomic E-state index is 12.8. The van der Waals surface area contributed by atoms with Crippen LogP contribution in [-0.2, 0) is 23.9 Å². The van der Waals surface area contributed by atoms with E-state index < -0.39 is 11.7 Å². The summed E-state index contributed by atoms with van der Waals surface area (Å²) in [5.74, 6) is 0.0621. The number of hydrogen-bond donors (Lipinski definition) is 1. The first-order valence-corrected chi connectivity index (χ1v) is 11.7. The number of rotatable bonds is 7. The van der Waals surface area contributed by atoms with Crippen LogP contribution in [-0.4, -0.2) is 34.5 Å². The van der Waals surface area contributed by atoms with E-state index in [1.54, 1.807) is 0 Å². The van der Waals surface area contributed by atoms with Gasteiger partial charge in [0.1, 0.15) is 0 Å². The van der Waals surface area contributed by atoms with E-state index in [4.69, 9.17) is 11.6 Å². The molecule has 2 heterocycles. The third kappa shape index (κ3) is 6.64. The standard InChI is InChI=1S/C26H27ClF3N3O/c27-22-3-1-2-19(16-22)4-9-25(34)31-23-11-13-32(14-12-23)17-20-10-15-33(18-20)24-7-5-21(6-8-24)26(28,29)30/h1-3,5-8,10,15-16,18,23H,4,9,11-14,17H2,(H,31,34). The Hall–Kier alpha value is -2.77. The molecule has 0 saturated carbocycles. The third-order valence-electron chi connectivity index (χ3n) is 6.14. The van der Waals surface area contributed by atoms with Crippen molar-refractivity contribution >= 4 is 17.5 Å². The van der Waals surface area contributed by atoms with Crippen LogP contribution in [0.15, 0.2) is 67.0 Å². The predicted molar refractivity (Wildman–Crippen MR) is 127 cm³/mol. The minimum absolute atomic E-state index is 0.0621. The fourth-order valence-electron chi connectivity index (χ4n) is 4.26. The Morgan fingerprint density at radius 2 is 1.76 bits per heavy atom. The summed E-state index contributed by atoms with van der Waals surface area (Å²) in [5.41, 5.74) is 2.20. The molecule has 4 rings (SSSR count). The molecule has 8 heteroatoms. The van der Waals surface area contributed by atoms with E-state index in [1.807, 2.05) is 47.3 Å². The van der Waals surface area contributed by atoms with Gasteiger partial charge in [0.15, 0.2) is 0 Å². The van der Waals surface area contributed by atoms with Crippen LogP contribution in [0.4, 0.5) is 13.2 Å². The maximum Gasteiger partial charge on any atom is 0.416 e. The molecule has 0 atom stereocenters. The first-order chi connectivity index (χ1) is 16.3. The highest BCUT2D eigenvalue weighted by molar-refractivity contribution is 6.30. The Morgan fingerprint density at radius 1 is 1.03 bits per heavy atom. The van der Waals surface area contributed by atoms with E-state index in [2.05, 4.69) is 10.2 Å². The van der Waals surface area contributed by atoms with Gasteiger partial charge >= 0.3 is 6.18 Å². The molecule has 0 aliphatic carbocycles. The molecule has 1 aliphatic rings. The molecule has 1 aliphatic heterocycles. The number of carbonyl (C=O) groups is 1. The summed E-state index contributed by atoms with van der Waals surface area (Å²) < 4.78 is 40.1. The van der Waals surface area contributed by atoms with Crippen LogP contribution in [0.5, 0.6) is 0 Å². The minimum Gasteiger partial charge on any atom is -0.353 e. The molecular weight excluding hydrogens is 463 g/mol. The van der Waals surface area contributed by atoms with E-state index in [1.165, 1.54) is 12.1 Å². The van der Waals surface area contributed by atoms with Gasteiger partial charge in [0.25, 0.3) is 0 Å². The molecule has 1 fully saturated rings. The highest BCUT2D eigenvalue weighted by Gasteiger charge is 2.30. The van der Waals surface area contributed by atoms with Crippen LogP contribution in [0.2, 0.25) is 5.02 Å². The number of piperidine rings is 1. The summed E-state index contributed by atoms with van der Waals surface area (Å²) in [4.78, 5) is 14.7. The molecule has 0 bridgehead atoms. The lowest BCUT2D eigenvalue weighted by atomic mass is 10.0. The number of hydrogen-bond acceptors (Lipinski definition) is 2. The Bertz CT molecular complexity index is 1100. The topological polar surface area (TPSA) is 37.3 Å². The SMILES string of the molecule is O=C(CCc1cccc(Cl)c1)NC1CCN(Cc2ccn(-c3ccc(C(F)(F)F)cc3)c2)CC1. The van der Waals surface area contributed by atoms with Crippen molar-refractivity contribution in [3.63, 3.8) is 0 Å². The van der Waals surface area contributed by atoms with Crippen LogP contribution in [0.1, 0.15) is 36.0 Å². The van der Waals surface area contributed by atoms with Gasteiger partial charge in [-0.3, -0.25) is 9.69 Å². The van der Waals surface area contributed by atoms with Crippen LogP contribution < -0.4 is 5.32 Å². The van der Waals surface area contributed by atoms with Crippen LogP contribution in [0.3, 0.4) is 0 Å². The number of nitrogens with one attached hydrogen (secondary N) is 1. The zero-order chi connectivity index (χ0) is 24.1. The second kappa shape index (κ2) is 10.7. The number of halogens is 4. The van der Waals surface area contributed by atoms with Crippen molar-refractivity contribution in [3.05, 3.63) is 88.7 Å². The van der Waals surface area contributed by atoms with Gasteiger partial charge < -0.3 is 9.88 Å². The summed E-state index contributed by atoms with van der Waals surface area (Å²) in [6.07, 6.45) is 2.38. The van der Waals surface area contributed by atoms with E-state index in [0.717, 1.165) is 55.7 Å². The second-order valence-electron chi connectivity index (χ2n) is 8.72. The Morgan fingerprint density at radius 3 is 2.44 bits per heavy atom. The van der Waals surface area contributed by atoms with Gasteiger partial charge in [-0.1, -0.05) is 23.7 Å². The van der Waals surface area contributed by atoms with E-state index in [-0.39, 0.29) is 11.9 Å². The minimum atomic E-state index is -4.33. The molecule has 0 unspecified atom stereocenters. The molecule has 34 heavy (non-hydrogen) atoms. The van der Waals surface area contributed by atoms with Gasteiger partial charge in [-0.2, -0.15) is 13.2 Å². The second-order valence-corrected chi connectivity index (χ2v) is 9.16. The zero-order valence-electron chi connectivity index (χ0n) is 18.7. The molecule has 3 aromatic rings. The van der Waals surface area contributed by atoms with Crippen molar-refractivity contribution in [2.24, 2.45) is 0 Å². The van der Waals surface area contributed by atoms with Crippen molar-refractivity contribution in [1.82, 2.24) is 14.8 Å². The summed E-state index contributed by atoms with van der Waals surface area (Å²) in [7, 11) is 0. The Balaban J connectivity index is 1.21. The summed E-state index contributed by atoms with van der Waals surface area (Å²) in [6.45, 7) is 2.53. The van der Waals surface area contributed by atoms with Gasteiger partial charge in [0.05, 0.1) is 5.56 Å². The number of carbonyl (C=O) groups excluding carboxylic acids is 1. The predicted octanol–water partition coefficient (Wildman–Crippen LogP) is 5.86. The average molecular weight is 490 g/mol. The fraction of sp³-hybridized carbons (Fsp3) is 0.346. The fourth-order valence-corrected chi connectivity index (χ4v) is 4.47. The van der Waals surface area contributed by atoms with Crippen LogP contribution in [0, 0.1) is 0 Å². The van der Waals surface area contributed by atoms with Crippen molar-refractivity contribution < 1.29 is 18.0 Å². The lowest BCUT2D eigenvalue weighted by molar-refractivity contribution is -0.137. The number of aryl methyl sites for hydroxylation is 1. The molecule has 0 spiro atoms. The molecule has 1 saturated heterocycles. The van der Waals surface area contributed by atoms with Crippen molar-refractivity contribution in [2.45, 2.75) is 44.4 Å².